The summed E-state index contributed by atoms with van der Waals surface area (Å²) >= 11 is 0. The number of halogens is 3. The predicted molar refractivity (Wildman–Crippen MR) is 106 cm³/mol. The van der Waals surface area contributed by atoms with Crippen LogP contribution in [0.2, 0.25) is 0 Å². The third kappa shape index (κ3) is 4.09. The van der Waals surface area contributed by atoms with Crippen LogP contribution in [0, 0.1) is 0 Å². The summed E-state index contributed by atoms with van der Waals surface area (Å²) in [4.78, 5) is 15.3. The number of hydrogen-bond donors (Lipinski definition) is 1. The number of rotatable bonds is 4. The Labute approximate surface area is 177 Å². The van der Waals surface area contributed by atoms with Gasteiger partial charge < -0.3 is 5.11 Å². The van der Waals surface area contributed by atoms with E-state index in [9.17, 15) is 31.5 Å². The highest BCUT2D eigenvalue weighted by Crippen LogP contribution is 2.36. The molecule has 4 rings (SSSR count). The van der Waals surface area contributed by atoms with E-state index in [1.165, 1.54) is 22.5 Å². The molecule has 0 bridgehead atoms. The van der Waals surface area contributed by atoms with Crippen LogP contribution >= 0.6 is 0 Å². The van der Waals surface area contributed by atoms with Crippen LogP contribution in [0.15, 0.2) is 47.5 Å². The summed E-state index contributed by atoms with van der Waals surface area (Å²) in [6.07, 6.45) is -0.702. The van der Waals surface area contributed by atoms with Gasteiger partial charge in [0.2, 0.25) is 10.0 Å². The molecule has 31 heavy (non-hydrogen) atoms. The lowest BCUT2D eigenvalue weighted by atomic mass is 10.0. The van der Waals surface area contributed by atoms with Crippen LogP contribution in [-0.2, 0) is 27.4 Å². The van der Waals surface area contributed by atoms with E-state index in [0.717, 1.165) is 17.8 Å². The van der Waals surface area contributed by atoms with E-state index in [0.29, 0.717) is 36.1 Å². The number of fused-ring (bicyclic) bond motifs is 1. The van der Waals surface area contributed by atoms with Crippen LogP contribution in [0.4, 0.5) is 13.2 Å². The zero-order chi connectivity index (χ0) is 22.4. The molecule has 1 unspecified atom stereocenters. The van der Waals surface area contributed by atoms with Crippen molar-refractivity contribution >= 4 is 21.6 Å². The molecule has 0 spiro atoms. The monoisotopic (exact) mass is 452 g/mol. The van der Waals surface area contributed by atoms with Crippen molar-refractivity contribution in [3.63, 3.8) is 0 Å². The van der Waals surface area contributed by atoms with Crippen molar-refractivity contribution in [2.24, 2.45) is 0 Å². The number of nitrogens with zero attached hydrogens (tertiary/aromatic N) is 2. The van der Waals surface area contributed by atoms with Crippen molar-refractivity contribution in [3.8, 4) is 0 Å². The molecule has 0 saturated heterocycles. The molecular weight excluding hydrogens is 433 g/mol. The second-order valence-corrected chi connectivity index (χ2v) is 9.50. The van der Waals surface area contributed by atoms with Crippen LogP contribution in [-0.4, -0.2) is 41.9 Å². The second kappa shape index (κ2) is 7.76. The maximum absolute atomic E-state index is 13.1. The summed E-state index contributed by atoms with van der Waals surface area (Å²) in [5, 5.41) is 9.37. The highest BCUT2D eigenvalue weighted by atomic mass is 32.2. The Morgan fingerprint density at radius 1 is 1.16 bits per heavy atom. The first kappa shape index (κ1) is 21.5. The lowest BCUT2D eigenvalue weighted by molar-refractivity contribution is -0.139. The fourth-order valence-electron chi connectivity index (χ4n) is 4.00. The number of carboxylic acid groups (broad SMARTS) is 1. The summed E-state index contributed by atoms with van der Waals surface area (Å²) < 4.78 is 65.5. The summed E-state index contributed by atoms with van der Waals surface area (Å²) in [7, 11) is -3.84. The number of pyridine rings is 1. The minimum atomic E-state index is -4.47. The van der Waals surface area contributed by atoms with Crippen LogP contribution in [0.3, 0.4) is 0 Å². The van der Waals surface area contributed by atoms with Gasteiger partial charge in [-0.05, 0) is 60.2 Å². The van der Waals surface area contributed by atoms with E-state index in [4.69, 9.17) is 0 Å². The van der Waals surface area contributed by atoms with E-state index >= 15 is 0 Å². The zero-order valence-electron chi connectivity index (χ0n) is 16.3. The fraction of sp³-hybridized carbons (Fsp3) is 0.333. The number of alkyl halides is 3. The Kier molecular flexibility index (Phi) is 5.38. The third-order valence-corrected chi connectivity index (χ3v) is 7.58. The molecule has 164 valence electrons. The predicted octanol–water partition coefficient (Wildman–Crippen LogP) is 3.69. The molecule has 0 fully saturated rings. The Bertz CT molecular complexity index is 1160. The topological polar surface area (TPSA) is 87.6 Å². The van der Waals surface area contributed by atoms with Crippen molar-refractivity contribution in [1.82, 2.24) is 9.29 Å². The Hall–Kier alpha value is -2.72. The Morgan fingerprint density at radius 2 is 1.94 bits per heavy atom. The van der Waals surface area contributed by atoms with Crippen molar-refractivity contribution in [3.05, 3.63) is 65.0 Å². The molecule has 1 aliphatic heterocycles. The molecule has 1 aliphatic carbocycles. The van der Waals surface area contributed by atoms with Crippen molar-refractivity contribution in [2.45, 2.75) is 36.3 Å². The molecular formula is C21H19F3N2O4S. The van der Waals surface area contributed by atoms with E-state index in [1.54, 1.807) is 12.1 Å². The first-order valence-electron chi connectivity index (χ1n) is 9.66. The standard InChI is InChI=1S/C21H19F3N2O4S/c22-21(23,24)15-3-6-19(25-12-15)14-7-9-26(10-8-14)31(29,30)16-4-1-13-2-5-17(20(27)28)18(13)11-16/h1,3-4,6-7,11-12,17H,2,5,8-10H2,(H,27,28). The number of aryl methyl sites for hydroxylation is 1. The van der Waals surface area contributed by atoms with Crippen LogP contribution < -0.4 is 0 Å². The SMILES string of the molecule is O=C(O)C1CCc2ccc(S(=O)(=O)N3CC=C(c4ccc(C(F)(F)F)cn4)CC3)cc21. The Morgan fingerprint density at radius 3 is 2.52 bits per heavy atom. The summed E-state index contributed by atoms with van der Waals surface area (Å²) in [5.74, 6) is -1.67. The molecule has 1 N–H and O–H groups in total. The minimum Gasteiger partial charge on any atom is -0.481 e. The van der Waals surface area contributed by atoms with Crippen molar-refractivity contribution in [2.75, 3.05) is 13.1 Å². The Balaban J connectivity index is 1.54. The van der Waals surface area contributed by atoms with Gasteiger partial charge in [-0.1, -0.05) is 12.1 Å². The van der Waals surface area contributed by atoms with Gasteiger partial charge in [-0.25, -0.2) is 8.42 Å². The van der Waals surface area contributed by atoms with Gasteiger partial charge >= 0.3 is 12.1 Å². The maximum Gasteiger partial charge on any atom is 0.417 e. The molecule has 1 aromatic carbocycles. The van der Waals surface area contributed by atoms with E-state index in [1.807, 2.05) is 0 Å². The molecule has 2 aliphatic rings. The smallest absolute Gasteiger partial charge is 0.417 e. The van der Waals surface area contributed by atoms with Gasteiger partial charge in [0.25, 0.3) is 0 Å². The molecule has 0 amide bonds. The van der Waals surface area contributed by atoms with E-state index in [2.05, 4.69) is 4.98 Å². The molecule has 10 heteroatoms. The molecule has 2 aromatic rings. The molecule has 0 saturated carbocycles. The number of hydrogen-bond acceptors (Lipinski definition) is 4. The zero-order valence-corrected chi connectivity index (χ0v) is 17.1. The minimum absolute atomic E-state index is 0.0453. The molecule has 0 radical (unpaired) electrons. The quantitative estimate of drug-likeness (QED) is 0.765. The van der Waals surface area contributed by atoms with Gasteiger partial charge in [-0.3, -0.25) is 9.78 Å². The highest BCUT2D eigenvalue weighted by molar-refractivity contribution is 7.89. The average molecular weight is 452 g/mol. The van der Waals surface area contributed by atoms with Crippen molar-refractivity contribution < 1.29 is 31.5 Å². The van der Waals surface area contributed by atoms with Crippen LogP contribution in [0.1, 0.15) is 41.1 Å². The van der Waals surface area contributed by atoms with E-state index in [-0.39, 0.29) is 18.0 Å². The summed E-state index contributed by atoms with van der Waals surface area (Å²) in [6, 6.07) is 6.85. The van der Waals surface area contributed by atoms with Gasteiger partial charge in [0.05, 0.1) is 22.1 Å². The lowest BCUT2D eigenvalue weighted by Crippen LogP contribution is -2.34. The van der Waals surface area contributed by atoms with Crippen LogP contribution in [0.5, 0.6) is 0 Å². The number of sulfonamides is 1. The average Bonchev–Trinajstić information content (AvgIpc) is 3.17. The third-order valence-electron chi connectivity index (χ3n) is 5.72. The van der Waals surface area contributed by atoms with Gasteiger partial charge in [0, 0.05) is 19.3 Å². The van der Waals surface area contributed by atoms with Gasteiger partial charge in [-0.2, -0.15) is 17.5 Å². The normalized spacial score (nSPS) is 19.7. The number of carboxylic acids is 1. The van der Waals surface area contributed by atoms with Crippen LogP contribution in [0.25, 0.3) is 5.57 Å². The number of benzene rings is 1. The summed E-state index contributed by atoms with van der Waals surface area (Å²) in [6.45, 7) is 0.204. The first-order valence-corrected chi connectivity index (χ1v) is 11.1. The van der Waals surface area contributed by atoms with Crippen molar-refractivity contribution in [1.29, 1.82) is 0 Å². The molecule has 1 atom stereocenters. The van der Waals surface area contributed by atoms with E-state index < -0.39 is 33.7 Å². The number of carbonyl (C=O) groups is 1. The lowest BCUT2D eigenvalue weighted by Gasteiger charge is -2.26. The molecule has 2 heterocycles. The van der Waals surface area contributed by atoms with Gasteiger partial charge in [0.1, 0.15) is 0 Å². The maximum atomic E-state index is 13.1. The van der Waals surface area contributed by atoms with Gasteiger partial charge in [0.15, 0.2) is 0 Å². The number of aliphatic carboxylic acids is 1. The fourth-order valence-corrected chi connectivity index (χ4v) is 5.42. The highest BCUT2D eigenvalue weighted by Gasteiger charge is 2.33. The summed E-state index contributed by atoms with van der Waals surface area (Å²) in [5.41, 5.74) is 1.61. The second-order valence-electron chi connectivity index (χ2n) is 7.56. The first-order chi connectivity index (χ1) is 14.6. The van der Waals surface area contributed by atoms with Gasteiger partial charge in [-0.15, -0.1) is 0 Å². The largest absolute Gasteiger partial charge is 0.481 e. The number of aromatic nitrogens is 1. The molecule has 6 nitrogen and oxygen atoms in total. The molecule has 1 aromatic heterocycles.